The molecule has 4 nitrogen and oxygen atoms in total. The Kier molecular flexibility index (Phi) is 8.13. The molecule has 0 atom stereocenters. The van der Waals surface area contributed by atoms with Crippen LogP contribution in [0.1, 0.15) is 0 Å². The molecule has 0 saturated heterocycles. The number of aromatic nitrogens is 4. The minimum atomic E-state index is 0.684. The number of fused-ring (bicyclic) bond motifs is 10. The zero-order valence-electron chi connectivity index (χ0n) is 33.1. The zero-order valence-corrected chi connectivity index (χ0v) is 33.1. The first-order chi connectivity index (χ1) is 30.2. The highest BCUT2D eigenvalue weighted by Crippen LogP contribution is 2.44. The first-order valence-corrected chi connectivity index (χ1v) is 20.7. The Morgan fingerprint density at radius 1 is 0.295 bits per heavy atom. The summed E-state index contributed by atoms with van der Waals surface area (Å²) in [6, 6.07) is 75.5. The summed E-state index contributed by atoms with van der Waals surface area (Å²) in [5.74, 6) is 0.684. The Labute approximate surface area is 352 Å². The van der Waals surface area contributed by atoms with Gasteiger partial charge in [0.2, 0.25) is 0 Å². The van der Waals surface area contributed by atoms with Crippen molar-refractivity contribution in [3.05, 3.63) is 219 Å². The molecule has 4 heteroatoms. The molecule has 0 aliphatic carbocycles. The van der Waals surface area contributed by atoms with E-state index in [1.165, 1.54) is 59.7 Å². The zero-order chi connectivity index (χ0) is 40.3. The van der Waals surface area contributed by atoms with E-state index >= 15 is 0 Å². The second kappa shape index (κ2) is 14.3. The van der Waals surface area contributed by atoms with Gasteiger partial charge in [0, 0.05) is 50.3 Å². The maximum atomic E-state index is 5.14. The van der Waals surface area contributed by atoms with Crippen LogP contribution >= 0.6 is 0 Å². The van der Waals surface area contributed by atoms with Crippen LogP contribution in [0.25, 0.3) is 116 Å². The third kappa shape index (κ3) is 5.88. The van der Waals surface area contributed by atoms with Gasteiger partial charge in [0.1, 0.15) is 0 Å². The molecular formula is C57H36N4. The number of benzene rings is 9. The molecule has 0 aliphatic heterocycles. The molecule has 0 radical (unpaired) electrons. The maximum Gasteiger partial charge on any atom is 0.160 e. The summed E-state index contributed by atoms with van der Waals surface area (Å²) in [5.41, 5.74) is 12.7. The molecule has 0 saturated carbocycles. The lowest BCUT2D eigenvalue weighted by Crippen LogP contribution is -1.96. The normalized spacial score (nSPS) is 11.6. The van der Waals surface area contributed by atoms with Crippen molar-refractivity contribution in [2.45, 2.75) is 0 Å². The van der Waals surface area contributed by atoms with Crippen LogP contribution in [-0.4, -0.2) is 19.5 Å². The Bertz CT molecular complexity index is 3580. The van der Waals surface area contributed by atoms with Crippen LogP contribution in [0.4, 0.5) is 0 Å². The van der Waals surface area contributed by atoms with E-state index in [1.54, 1.807) is 0 Å². The summed E-state index contributed by atoms with van der Waals surface area (Å²) < 4.78 is 2.40. The number of pyridine rings is 1. The molecule has 12 rings (SSSR count). The topological polar surface area (TPSA) is 43.6 Å². The van der Waals surface area contributed by atoms with E-state index in [9.17, 15) is 0 Å². The quantitative estimate of drug-likeness (QED) is 0.158. The van der Waals surface area contributed by atoms with Gasteiger partial charge in [-0.3, -0.25) is 4.98 Å². The molecule has 0 N–H and O–H groups in total. The molecule has 0 fully saturated rings. The van der Waals surface area contributed by atoms with E-state index in [1.807, 2.05) is 42.6 Å². The van der Waals surface area contributed by atoms with Gasteiger partial charge in [0.25, 0.3) is 0 Å². The first kappa shape index (κ1) is 34.8. The summed E-state index contributed by atoms with van der Waals surface area (Å²) in [6.07, 6.45) is 1.82. The third-order valence-corrected chi connectivity index (χ3v) is 12.1. The summed E-state index contributed by atoms with van der Waals surface area (Å²) >= 11 is 0. The van der Waals surface area contributed by atoms with Gasteiger partial charge in [0.15, 0.2) is 5.82 Å². The predicted molar refractivity (Wildman–Crippen MR) is 254 cm³/mol. The standard InChI is InChI=1S/C57H36N4/c1-3-13-38(14-4-1)51-36-52(60-57(59-51)41-28-26-39(27-29-41)50-20-11-12-34-58-50)40-24-22-37(23-25-40)42-30-31-45-47-32-33-54-56(55(47)46-18-8-7-17-44(46)49(45)35-42)48-19-9-10-21-53(48)61(54)43-15-5-2-6-16-43/h1-36H. The highest BCUT2D eigenvalue weighted by atomic mass is 15.0. The highest BCUT2D eigenvalue weighted by molar-refractivity contribution is 6.35. The SMILES string of the molecule is c1ccc(-c2cc(-c3ccc(-c4ccc5c(c4)c4ccccc4c4c5ccc5c4c4ccccc4n5-c4ccccc4)cc3)nc(-c3ccc(-c4ccccn4)cc3)n2)cc1. The molecule has 0 spiro atoms. The number of nitrogens with zero attached hydrogens (tertiary/aromatic N) is 4. The van der Waals surface area contributed by atoms with Crippen molar-refractivity contribution in [2.75, 3.05) is 0 Å². The molecule has 0 aliphatic rings. The second-order valence-electron chi connectivity index (χ2n) is 15.6. The van der Waals surface area contributed by atoms with Gasteiger partial charge in [0.05, 0.1) is 28.1 Å². The van der Waals surface area contributed by atoms with Crippen LogP contribution in [0.3, 0.4) is 0 Å². The summed E-state index contributed by atoms with van der Waals surface area (Å²) in [5, 5.41) is 10.1. The van der Waals surface area contributed by atoms with Gasteiger partial charge in [-0.1, -0.05) is 164 Å². The van der Waals surface area contributed by atoms with Crippen LogP contribution in [0.15, 0.2) is 219 Å². The smallest absolute Gasteiger partial charge is 0.160 e. The van der Waals surface area contributed by atoms with Gasteiger partial charge in [-0.25, -0.2) is 9.97 Å². The molecular weight excluding hydrogens is 741 g/mol. The average Bonchev–Trinajstić information content (AvgIpc) is 3.69. The summed E-state index contributed by atoms with van der Waals surface area (Å²) in [7, 11) is 0. The van der Waals surface area contributed by atoms with E-state index in [-0.39, 0.29) is 0 Å². The Balaban J connectivity index is 0.965. The number of hydrogen-bond acceptors (Lipinski definition) is 3. The van der Waals surface area contributed by atoms with Gasteiger partial charge in [-0.05, 0) is 86.6 Å². The van der Waals surface area contributed by atoms with E-state index in [0.717, 1.165) is 50.6 Å². The van der Waals surface area contributed by atoms with Crippen molar-refractivity contribution in [1.29, 1.82) is 0 Å². The van der Waals surface area contributed by atoms with Crippen LogP contribution in [0.2, 0.25) is 0 Å². The van der Waals surface area contributed by atoms with Crippen LogP contribution in [0, 0.1) is 0 Å². The number of para-hydroxylation sites is 2. The van der Waals surface area contributed by atoms with Crippen molar-refractivity contribution < 1.29 is 0 Å². The maximum absolute atomic E-state index is 5.14. The van der Waals surface area contributed by atoms with Crippen molar-refractivity contribution in [3.8, 4) is 62.0 Å². The molecule has 9 aromatic carbocycles. The number of hydrogen-bond donors (Lipinski definition) is 0. The largest absolute Gasteiger partial charge is 0.309 e. The molecule has 0 bridgehead atoms. The lowest BCUT2D eigenvalue weighted by Gasteiger charge is -2.14. The lowest BCUT2D eigenvalue weighted by molar-refractivity contribution is 1.18. The molecule has 284 valence electrons. The van der Waals surface area contributed by atoms with Gasteiger partial charge in [-0.15, -0.1) is 0 Å². The first-order valence-electron chi connectivity index (χ1n) is 20.7. The van der Waals surface area contributed by atoms with E-state index in [2.05, 4.69) is 185 Å². The Morgan fingerprint density at radius 3 is 1.57 bits per heavy atom. The number of rotatable bonds is 6. The van der Waals surface area contributed by atoms with E-state index < -0.39 is 0 Å². The van der Waals surface area contributed by atoms with Gasteiger partial charge in [-0.2, -0.15) is 0 Å². The van der Waals surface area contributed by atoms with Crippen LogP contribution < -0.4 is 0 Å². The monoisotopic (exact) mass is 776 g/mol. The van der Waals surface area contributed by atoms with Gasteiger partial charge >= 0.3 is 0 Å². The fraction of sp³-hybridized carbons (Fsp3) is 0. The van der Waals surface area contributed by atoms with Crippen LogP contribution in [-0.2, 0) is 0 Å². The summed E-state index contributed by atoms with van der Waals surface area (Å²) in [6.45, 7) is 0. The molecule has 0 amide bonds. The van der Waals surface area contributed by atoms with Crippen LogP contribution in [0.5, 0.6) is 0 Å². The van der Waals surface area contributed by atoms with Crippen molar-refractivity contribution >= 4 is 54.1 Å². The molecule has 61 heavy (non-hydrogen) atoms. The molecule has 12 aromatic rings. The third-order valence-electron chi connectivity index (χ3n) is 12.1. The molecule has 0 unspecified atom stereocenters. The Hall–Kier alpha value is -8.21. The fourth-order valence-electron chi connectivity index (χ4n) is 9.18. The van der Waals surface area contributed by atoms with E-state index in [0.29, 0.717) is 5.82 Å². The summed E-state index contributed by atoms with van der Waals surface area (Å²) in [4.78, 5) is 14.7. The predicted octanol–water partition coefficient (Wildman–Crippen LogP) is 14.8. The van der Waals surface area contributed by atoms with Crippen molar-refractivity contribution in [1.82, 2.24) is 19.5 Å². The molecule has 3 heterocycles. The van der Waals surface area contributed by atoms with Gasteiger partial charge < -0.3 is 4.57 Å². The minimum Gasteiger partial charge on any atom is -0.309 e. The minimum absolute atomic E-state index is 0.684. The highest BCUT2D eigenvalue weighted by Gasteiger charge is 2.19. The van der Waals surface area contributed by atoms with E-state index in [4.69, 9.17) is 9.97 Å². The average molecular weight is 777 g/mol. The second-order valence-corrected chi connectivity index (χ2v) is 15.6. The van der Waals surface area contributed by atoms with Crippen molar-refractivity contribution in [3.63, 3.8) is 0 Å². The van der Waals surface area contributed by atoms with Crippen molar-refractivity contribution in [2.24, 2.45) is 0 Å². The fourth-order valence-corrected chi connectivity index (χ4v) is 9.18. The lowest BCUT2D eigenvalue weighted by atomic mass is 9.90. The molecule has 3 aromatic heterocycles. The Morgan fingerprint density at radius 2 is 0.836 bits per heavy atom.